The Morgan fingerprint density at radius 2 is 1.96 bits per heavy atom. The zero-order valence-electron chi connectivity index (χ0n) is 15.4. The molecule has 2 aliphatic rings. The maximum absolute atomic E-state index is 13.4. The first-order valence-electron chi connectivity index (χ1n) is 8.82. The van der Waals surface area contributed by atoms with E-state index in [-0.39, 0.29) is 24.6 Å². The largest absolute Gasteiger partial charge is 0.494 e. The quantitative estimate of drug-likeness (QED) is 0.742. The molecule has 0 aliphatic carbocycles. The van der Waals surface area contributed by atoms with Crippen LogP contribution in [0.25, 0.3) is 0 Å². The summed E-state index contributed by atoms with van der Waals surface area (Å²) in [5, 5.41) is 4.75. The van der Waals surface area contributed by atoms with E-state index < -0.39 is 17.5 Å². The third-order valence-electron chi connectivity index (χ3n) is 5.07. The molecule has 3 rings (SSSR count). The molecular weight excluding hydrogens is 355 g/mol. The lowest BCUT2D eigenvalue weighted by Crippen LogP contribution is -2.50. The molecule has 146 valence electrons. The van der Waals surface area contributed by atoms with Crippen molar-refractivity contribution in [1.29, 1.82) is 0 Å². The zero-order chi connectivity index (χ0) is 19.6. The zero-order valence-corrected chi connectivity index (χ0v) is 15.4. The van der Waals surface area contributed by atoms with Crippen LogP contribution in [0.5, 0.6) is 5.75 Å². The molecule has 2 aliphatic heterocycles. The van der Waals surface area contributed by atoms with Gasteiger partial charge >= 0.3 is 6.03 Å². The van der Waals surface area contributed by atoms with Gasteiger partial charge in [-0.25, -0.2) is 9.18 Å². The van der Waals surface area contributed by atoms with Gasteiger partial charge in [-0.15, -0.1) is 0 Å². The number of nitrogens with one attached hydrogen (secondary N) is 2. The van der Waals surface area contributed by atoms with E-state index in [0.717, 1.165) is 5.69 Å². The number of benzene rings is 1. The van der Waals surface area contributed by atoms with Crippen LogP contribution >= 0.6 is 0 Å². The van der Waals surface area contributed by atoms with E-state index in [2.05, 4.69) is 10.6 Å². The second-order valence-electron chi connectivity index (χ2n) is 6.92. The highest BCUT2D eigenvalue weighted by atomic mass is 19.1. The van der Waals surface area contributed by atoms with Gasteiger partial charge in [0.25, 0.3) is 5.91 Å². The number of imide groups is 1. The van der Waals surface area contributed by atoms with Crippen molar-refractivity contribution < 1.29 is 23.5 Å². The van der Waals surface area contributed by atoms with E-state index in [0.29, 0.717) is 31.9 Å². The van der Waals surface area contributed by atoms with Gasteiger partial charge in [-0.05, 0) is 25.5 Å². The Balaban J connectivity index is 1.54. The Morgan fingerprint density at radius 3 is 2.56 bits per heavy atom. The normalized spacial score (nSPS) is 22.5. The number of hydrogen-bond donors (Lipinski definition) is 2. The summed E-state index contributed by atoms with van der Waals surface area (Å²) in [6, 6.07) is 3.87. The summed E-state index contributed by atoms with van der Waals surface area (Å²) in [6.45, 7) is 3.85. The highest BCUT2D eigenvalue weighted by molar-refractivity contribution is 6.06. The molecule has 0 unspecified atom stereocenters. The molecule has 27 heavy (non-hydrogen) atoms. The number of halogens is 1. The molecule has 2 N–H and O–H groups in total. The van der Waals surface area contributed by atoms with Gasteiger partial charge in [0.15, 0.2) is 0 Å². The average Bonchev–Trinajstić information content (AvgIpc) is 2.91. The lowest BCUT2D eigenvalue weighted by atomic mass is 9.96. The third-order valence-corrected chi connectivity index (χ3v) is 5.07. The van der Waals surface area contributed by atoms with Crippen molar-refractivity contribution >= 4 is 23.5 Å². The van der Waals surface area contributed by atoms with Crippen LogP contribution in [0, 0.1) is 5.82 Å². The van der Waals surface area contributed by atoms with Gasteiger partial charge in [-0.1, -0.05) is 0 Å². The Hall–Kier alpha value is -2.84. The van der Waals surface area contributed by atoms with E-state index >= 15 is 0 Å². The number of carbonyl (C=O) groups excluding carboxylic acids is 3. The predicted octanol–water partition coefficient (Wildman–Crippen LogP) is 0.861. The number of piperazine rings is 1. The van der Waals surface area contributed by atoms with E-state index in [9.17, 15) is 18.8 Å². The van der Waals surface area contributed by atoms with Gasteiger partial charge in [0.1, 0.15) is 17.1 Å². The van der Waals surface area contributed by atoms with Crippen LogP contribution in [-0.2, 0) is 9.59 Å². The molecule has 8 nitrogen and oxygen atoms in total. The van der Waals surface area contributed by atoms with Crippen LogP contribution in [0.3, 0.4) is 0 Å². The maximum atomic E-state index is 13.4. The molecule has 0 spiro atoms. The number of rotatable bonds is 5. The highest BCUT2D eigenvalue weighted by Crippen LogP contribution is 2.30. The predicted molar refractivity (Wildman–Crippen MR) is 96.1 cm³/mol. The second-order valence-corrected chi connectivity index (χ2v) is 6.92. The molecule has 4 amide bonds. The Bertz CT molecular complexity index is 764. The van der Waals surface area contributed by atoms with Crippen LogP contribution in [0.4, 0.5) is 14.9 Å². The van der Waals surface area contributed by atoms with Crippen molar-refractivity contribution in [2.24, 2.45) is 0 Å². The summed E-state index contributed by atoms with van der Waals surface area (Å²) < 4.78 is 18.6. The molecule has 1 aromatic carbocycles. The molecule has 2 fully saturated rings. The first-order valence-corrected chi connectivity index (χ1v) is 8.82. The molecule has 1 atom stereocenters. The smallest absolute Gasteiger partial charge is 0.322 e. The number of hydrogen-bond acceptors (Lipinski definition) is 5. The van der Waals surface area contributed by atoms with Crippen molar-refractivity contribution in [3.8, 4) is 5.75 Å². The highest BCUT2D eigenvalue weighted by Gasteiger charge is 2.42. The first-order chi connectivity index (χ1) is 12.8. The van der Waals surface area contributed by atoms with Crippen LogP contribution in [0.1, 0.15) is 19.8 Å². The molecule has 0 radical (unpaired) electrons. The number of amides is 4. The van der Waals surface area contributed by atoms with Gasteiger partial charge in [-0.2, -0.15) is 0 Å². The number of carbonyl (C=O) groups is 3. The topological polar surface area (TPSA) is 91.0 Å². The van der Waals surface area contributed by atoms with E-state index in [4.69, 9.17) is 4.74 Å². The number of nitrogens with zero attached hydrogens (tertiary/aromatic N) is 2. The van der Waals surface area contributed by atoms with Gasteiger partial charge in [0.2, 0.25) is 5.91 Å². The fourth-order valence-electron chi connectivity index (χ4n) is 3.38. The van der Waals surface area contributed by atoms with Crippen molar-refractivity contribution in [1.82, 2.24) is 15.5 Å². The fraction of sp³-hybridized carbons (Fsp3) is 0.500. The number of methoxy groups -OCH3 is 1. The molecule has 1 aromatic rings. The summed E-state index contributed by atoms with van der Waals surface area (Å²) >= 11 is 0. The molecule has 2 saturated heterocycles. The maximum Gasteiger partial charge on any atom is 0.322 e. The standard InChI is InChI=1S/C18H23FN4O4/c1-18(16(25)20-17(26)21-18)6-5-15(24)23-9-7-22(8-10-23)13-4-3-12(19)11-14(13)27-2/h3-4,11H,5-10H2,1-2H3,(H2,20,21,25,26)/t18-/m1/s1. The van der Waals surface area contributed by atoms with Crippen molar-refractivity contribution in [3.05, 3.63) is 24.0 Å². The van der Waals surface area contributed by atoms with Gasteiger partial charge in [0.05, 0.1) is 12.8 Å². The summed E-state index contributed by atoms with van der Waals surface area (Å²) in [4.78, 5) is 39.4. The molecular formula is C18H23FN4O4. The second kappa shape index (κ2) is 7.42. The summed E-state index contributed by atoms with van der Waals surface area (Å²) in [7, 11) is 1.50. The van der Waals surface area contributed by atoms with Crippen molar-refractivity contribution in [2.45, 2.75) is 25.3 Å². The molecule has 2 heterocycles. The summed E-state index contributed by atoms with van der Waals surface area (Å²) in [6.07, 6.45) is 0.416. The third kappa shape index (κ3) is 3.96. The Labute approximate surface area is 156 Å². The number of anilines is 1. The minimum atomic E-state index is -1.05. The summed E-state index contributed by atoms with van der Waals surface area (Å²) in [5.74, 6) is -0.365. The Kier molecular flexibility index (Phi) is 5.20. The lowest BCUT2D eigenvalue weighted by Gasteiger charge is -2.37. The van der Waals surface area contributed by atoms with Gasteiger partial charge < -0.3 is 19.9 Å². The van der Waals surface area contributed by atoms with Gasteiger partial charge in [0, 0.05) is 38.7 Å². The lowest BCUT2D eigenvalue weighted by molar-refractivity contribution is -0.132. The van der Waals surface area contributed by atoms with Crippen LogP contribution in [-0.4, -0.2) is 61.6 Å². The average molecular weight is 378 g/mol. The number of urea groups is 1. The van der Waals surface area contributed by atoms with E-state index in [1.165, 1.54) is 19.2 Å². The van der Waals surface area contributed by atoms with Gasteiger partial charge in [-0.3, -0.25) is 14.9 Å². The van der Waals surface area contributed by atoms with Crippen LogP contribution in [0.15, 0.2) is 18.2 Å². The van der Waals surface area contributed by atoms with Crippen molar-refractivity contribution in [3.63, 3.8) is 0 Å². The minimum Gasteiger partial charge on any atom is -0.494 e. The fourth-order valence-corrected chi connectivity index (χ4v) is 3.38. The first kappa shape index (κ1) is 18.9. The molecule has 0 bridgehead atoms. The van der Waals surface area contributed by atoms with E-state index in [1.54, 1.807) is 17.9 Å². The number of ether oxygens (including phenoxy) is 1. The Morgan fingerprint density at radius 1 is 1.26 bits per heavy atom. The minimum absolute atomic E-state index is 0.0594. The molecule has 9 heteroatoms. The van der Waals surface area contributed by atoms with Crippen molar-refractivity contribution in [2.75, 3.05) is 38.2 Å². The van der Waals surface area contributed by atoms with Crippen LogP contribution in [0.2, 0.25) is 0 Å². The molecule has 0 aromatic heterocycles. The van der Waals surface area contributed by atoms with Crippen LogP contribution < -0.4 is 20.3 Å². The van der Waals surface area contributed by atoms with E-state index in [1.807, 2.05) is 4.90 Å². The molecule has 0 saturated carbocycles. The summed E-state index contributed by atoms with van der Waals surface area (Å²) in [5.41, 5.74) is -0.250. The SMILES string of the molecule is COc1cc(F)ccc1N1CCN(C(=O)CC[C@@]2(C)NC(=O)NC2=O)CC1. The monoisotopic (exact) mass is 378 g/mol.